The second-order valence-corrected chi connectivity index (χ2v) is 6.65. The van der Waals surface area contributed by atoms with E-state index in [0.29, 0.717) is 5.69 Å². The number of aryl methyl sites for hydroxylation is 1. The second-order valence-electron chi connectivity index (χ2n) is 5.60. The van der Waals surface area contributed by atoms with E-state index in [1.807, 2.05) is 18.9 Å². The van der Waals surface area contributed by atoms with E-state index in [9.17, 15) is 13.6 Å². The number of rotatable bonds is 7. The standard InChI is InChI=1S/C19H20F2N2OS/c1-4-23(3)12-22-18-10-17(21)16(9-13(18)2)19(24)11-25-15-7-5-14(20)6-8-15/h5-10,12H,4,11H2,1-3H3. The lowest BCUT2D eigenvalue weighted by atomic mass is 10.1. The molecule has 0 saturated heterocycles. The van der Waals surface area contributed by atoms with Crippen LogP contribution in [0.4, 0.5) is 14.5 Å². The van der Waals surface area contributed by atoms with Crippen LogP contribution in [-0.2, 0) is 0 Å². The maximum absolute atomic E-state index is 14.3. The summed E-state index contributed by atoms with van der Waals surface area (Å²) in [5, 5.41) is 0. The molecule has 0 N–H and O–H groups in total. The fourth-order valence-electron chi connectivity index (χ4n) is 2.02. The minimum atomic E-state index is -0.582. The van der Waals surface area contributed by atoms with E-state index in [1.54, 1.807) is 25.4 Å². The van der Waals surface area contributed by atoms with Crippen LogP contribution in [0.15, 0.2) is 46.3 Å². The van der Waals surface area contributed by atoms with Crippen molar-refractivity contribution in [2.45, 2.75) is 18.7 Å². The lowest BCUT2D eigenvalue weighted by molar-refractivity contribution is 0.101. The number of halogens is 2. The van der Waals surface area contributed by atoms with E-state index in [2.05, 4.69) is 4.99 Å². The Labute approximate surface area is 150 Å². The van der Waals surface area contributed by atoms with Gasteiger partial charge in [0.25, 0.3) is 0 Å². The number of hydrogen-bond donors (Lipinski definition) is 0. The normalized spacial score (nSPS) is 11.1. The number of benzene rings is 2. The molecule has 132 valence electrons. The summed E-state index contributed by atoms with van der Waals surface area (Å²) in [5.74, 6) is -1.14. The van der Waals surface area contributed by atoms with Crippen LogP contribution < -0.4 is 0 Å². The van der Waals surface area contributed by atoms with Crippen LogP contribution in [0, 0.1) is 18.6 Å². The molecule has 2 rings (SSSR count). The van der Waals surface area contributed by atoms with Gasteiger partial charge in [-0.05, 0) is 49.7 Å². The molecular weight excluding hydrogens is 342 g/mol. The van der Waals surface area contributed by atoms with Gasteiger partial charge in [-0.15, -0.1) is 11.8 Å². The average molecular weight is 362 g/mol. The highest BCUT2D eigenvalue weighted by Crippen LogP contribution is 2.25. The Morgan fingerprint density at radius 1 is 1.24 bits per heavy atom. The third-order valence-electron chi connectivity index (χ3n) is 3.66. The first-order chi connectivity index (χ1) is 11.9. The number of Topliss-reactive ketones (excluding diaryl/α,β-unsaturated/α-hetero) is 1. The van der Waals surface area contributed by atoms with Crippen molar-refractivity contribution in [1.29, 1.82) is 0 Å². The Morgan fingerprint density at radius 3 is 2.56 bits per heavy atom. The number of carbonyl (C=O) groups excluding carboxylic acids is 1. The van der Waals surface area contributed by atoms with Gasteiger partial charge in [-0.1, -0.05) is 0 Å². The first-order valence-electron chi connectivity index (χ1n) is 7.87. The molecule has 2 aromatic rings. The Balaban J connectivity index is 2.10. The number of ketones is 1. The van der Waals surface area contributed by atoms with Crippen LogP contribution in [0.5, 0.6) is 0 Å². The number of hydrogen-bond acceptors (Lipinski definition) is 3. The lowest BCUT2D eigenvalue weighted by Gasteiger charge is -2.10. The molecule has 0 unspecified atom stereocenters. The van der Waals surface area contributed by atoms with Crippen molar-refractivity contribution in [2.75, 3.05) is 19.3 Å². The molecule has 0 heterocycles. The summed E-state index contributed by atoms with van der Waals surface area (Å²) >= 11 is 1.25. The van der Waals surface area contributed by atoms with Gasteiger partial charge in [0.15, 0.2) is 5.78 Å². The fraction of sp³-hybridized carbons (Fsp3) is 0.263. The highest BCUT2D eigenvalue weighted by atomic mass is 32.2. The van der Waals surface area contributed by atoms with Crippen LogP contribution >= 0.6 is 11.8 Å². The van der Waals surface area contributed by atoms with E-state index in [-0.39, 0.29) is 22.9 Å². The molecule has 0 fully saturated rings. The summed E-state index contributed by atoms with van der Waals surface area (Å²) in [6.07, 6.45) is 1.63. The van der Waals surface area contributed by atoms with Crippen molar-refractivity contribution in [3.63, 3.8) is 0 Å². The molecule has 0 aliphatic carbocycles. The molecule has 6 heteroatoms. The lowest BCUT2D eigenvalue weighted by Crippen LogP contribution is -2.14. The molecule has 0 radical (unpaired) electrons. The molecule has 0 atom stereocenters. The largest absolute Gasteiger partial charge is 0.366 e. The van der Waals surface area contributed by atoms with Gasteiger partial charge < -0.3 is 4.90 Å². The minimum Gasteiger partial charge on any atom is -0.366 e. The maximum atomic E-state index is 14.3. The van der Waals surface area contributed by atoms with Crippen molar-refractivity contribution in [3.05, 3.63) is 59.2 Å². The van der Waals surface area contributed by atoms with Crippen molar-refractivity contribution >= 4 is 29.6 Å². The average Bonchev–Trinajstić information content (AvgIpc) is 2.61. The van der Waals surface area contributed by atoms with E-state index < -0.39 is 5.82 Å². The molecule has 0 spiro atoms. The molecule has 25 heavy (non-hydrogen) atoms. The monoisotopic (exact) mass is 362 g/mol. The fourth-order valence-corrected chi connectivity index (χ4v) is 2.81. The van der Waals surface area contributed by atoms with E-state index in [1.165, 1.54) is 36.0 Å². The van der Waals surface area contributed by atoms with Crippen molar-refractivity contribution < 1.29 is 13.6 Å². The molecule has 0 bridgehead atoms. The minimum absolute atomic E-state index is 0.0508. The molecule has 2 aromatic carbocycles. The summed E-state index contributed by atoms with van der Waals surface area (Å²) in [7, 11) is 1.87. The third kappa shape index (κ3) is 5.39. The van der Waals surface area contributed by atoms with Crippen molar-refractivity contribution in [2.24, 2.45) is 4.99 Å². The number of carbonyl (C=O) groups is 1. The van der Waals surface area contributed by atoms with Crippen LogP contribution in [0.25, 0.3) is 0 Å². The Bertz CT molecular complexity index is 776. The topological polar surface area (TPSA) is 32.7 Å². The zero-order valence-electron chi connectivity index (χ0n) is 14.4. The molecule has 0 aliphatic rings. The molecule has 0 amide bonds. The predicted octanol–water partition coefficient (Wildman–Crippen LogP) is 4.86. The first kappa shape index (κ1) is 19.1. The highest BCUT2D eigenvalue weighted by Gasteiger charge is 2.15. The van der Waals surface area contributed by atoms with Gasteiger partial charge in [-0.2, -0.15) is 0 Å². The van der Waals surface area contributed by atoms with Crippen molar-refractivity contribution in [3.8, 4) is 0 Å². The molecule has 0 aromatic heterocycles. The first-order valence-corrected chi connectivity index (χ1v) is 8.85. The Morgan fingerprint density at radius 2 is 1.92 bits per heavy atom. The smallest absolute Gasteiger partial charge is 0.176 e. The van der Waals surface area contributed by atoms with Crippen LogP contribution in [-0.4, -0.2) is 36.4 Å². The van der Waals surface area contributed by atoms with Gasteiger partial charge in [0.05, 0.1) is 23.3 Å². The summed E-state index contributed by atoms with van der Waals surface area (Å²) in [4.78, 5) is 19.2. The zero-order chi connectivity index (χ0) is 18.4. The van der Waals surface area contributed by atoms with Crippen LogP contribution in [0.2, 0.25) is 0 Å². The summed E-state index contributed by atoms with van der Waals surface area (Å²) in [6, 6.07) is 8.66. The van der Waals surface area contributed by atoms with Crippen molar-refractivity contribution in [1.82, 2.24) is 4.90 Å². The second kappa shape index (κ2) is 8.76. The predicted molar refractivity (Wildman–Crippen MR) is 99.0 cm³/mol. The molecule has 3 nitrogen and oxygen atoms in total. The summed E-state index contributed by atoms with van der Waals surface area (Å²) in [6.45, 7) is 4.57. The van der Waals surface area contributed by atoms with Gasteiger partial charge in [0.2, 0.25) is 0 Å². The van der Waals surface area contributed by atoms with E-state index >= 15 is 0 Å². The van der Waals surface area contributed by atoms with Gasteiger partial charge in [-0.25, -0.2) is 13.8 Å². The molecule has 0 saturated carbocycles. The maximum Gasteiger partial charge on any atom is 0.176 e. The SMILES string of the molecule is CCN(C)C=Nc1cc(F)c(C(=O)CSc2ccc(F)cc2)cc1C. The van der Waals surface area contributed by atoms with E-state index in [0.717, 1.165) is 17.0 Å². The highest BCUT2D eigenvalue weighted by molar-refractivity contribution is 8.00. The zero-order valence-corrected chi connectivity index (χ0v) is 15.2. The van der Waals surface area contributed by atoms with Crippen LogP contribution in [0.3, 0.4) is 0 Å². The Hall–Kier alpha value is -2.21. The number of thioether (sulfide) groups is 1. The molecule has 0 aliphatic heterocycles. The van der Waals surface area contributed by atoms with Gasteiger partial charge in [0.1, 0.15) is 11.6 Å². The Kier molecular flexibility index (Phi) is 6.70. The number of nitrogens with zero attached hydrogens (tertiary/aromatic N) is 2. The summed E-state index contributed by atoms with van der Waals surface area (Å²) in [5.41, 5.74) is 1.28. The summed E-state index contributed by atoms with van der Waals surface area (Å²) < 4.78 is 27.2. The third-order valence-corrected chi connectivity index (χ3v) is 4.67. The molecular formula is C19H20F2N2OS. The van der Waals surface area contributed by atoms with Gasteiger partial charge in [0, 0.05) is 24.6 Å². The van der Waals surface area contributed by atoms with E-state index in [4.69, 9.17) is 0 Å². The van der Waals surface area contributed by atoms with Gasteiger partial charge in [-0.3, -0.25) is 4.79 Å². The van der Waals surface area contributed by atoms with Gasteiger partial charge >= 0.3 is 0 Å². The van der Waals surface area contributed by atoms with Crippen LogP contribution in [0.1, 0.15) is 22.8 Å². The number of aliphatic imine (C=N–C) groups is 1. The quantitative estimate of drug-likeness (QED) is 0.305.